The Bertz CT molecular complexity index is 317. The van der Waals surface area contributed by atoms with E-state index in [0.29, 0.717) is 12.8 Å². The van der Waals surface area contributed by atoms with Gasteiger partial charge in [-0.15, -0.1) is 0 Å². The summed E-state index contributed by atoms with van der Waals surface area (Å²) in [5.41, 5.74) is 0. The van der Waals surface area contributed by atoms with E-state index in [9.17, 15) is 8.42 Å². The van der Waals surface area contributed by atoms with Gasteiger partial charge >= 0.3 is 0 Å². The molecule has 1 atom stereocenters. The first-order valence-corrected chi connectivity index (χ1v) is 6.19. The van der Waals surface area contributed by atoms with E-state index >= 15 is 0 Å². The van der Waals surface area contributed by atoms with Crippen LogP contribution in [0.3, 0.4) is 0 Å². The Labute approximate surface area is 85.1 Å². The zero-order valence-electron chi connectivity index (χ0n) is 8.53. The molecule has 82 valence electrons. The number of aliphatic hydroxyl groups is 1. The van der Waals surface area contributed by atoms with Crippen molar-refractivity contribution in [2.75, 3.05) is 13.7 Å². The van der Waals surface area contributed by atoms with Gasteiger partial charge in [-0.25, -0.2) is 13.1 Å². The summed E-state index contributed by atoms with van der Waals surface area (Å²) in [4.78, 5) is 0. The van der Waals surface area contributed by atoms with Gasteiger partial charge in [0.15, 0.2) is 0 Å². The summed E-state index contributed by atoms with van der Waals surface area (Å²) in [5.74, 6) is -0.0490. The molecule has 1 saturated carbocycles. The number of rotatable bonds is 5. The number of hydrogen-bond donors (Lipinski definition) is 2. The van der Waals surface area contributed by atoms with Gasteiger partial charge in [-0.3, -0.25) is 0 Å². The fourth-order valence-corrected chi connectivity index (χ4v) is 3.35. The van der Waals surface area contributed by atoms with E-state index in [1.807, 2.05) is 6.92 Å². The summed E-state index contributed by atoms with van der Waals surface area (Å²) < 4.78 is 25.1. The van der Waals surface area contributed by atoms with Crippen molar-refractivity contribution in [3.63, 3.8) is 0 Å². The minimum Gasteiger partial charge on any atom is -0.392 e. The Balaban J connectivity index is 2.81. The maximum absolute atomic E-state index is 11.7. The largest absolute Gasteiger partial charge is 0.392 e. The van der Waals surface area contributed by atoms with Crippen LogP contribution in [0.4, 0.5) is 0 Å². The summed E-state index contributed by atoms with van der Waals surface area (Å²) in [6, 6.07) is 0. The summed E-state index contributed by atoms with van der Waals surface area (Å²) in [7, 11) is -1.76. The van der Waals surface area contributed by atoms with Crippen LogP contribution in [-0.2, 0) is 10.0 Å². The second-order valence-corrected chi connectivity index (χ2v) is 5.90. The normalized spacial score (nSPS) is 22.5. The van der Waals surface area contributed by atoms with Crippen LogP contribution in [0.2, 0.25) is 0 Å². The van der Waals surface area contributed by atoms with E-state index in [-0.39, 0.29) is 12.5 Å². The van der Waals surface area contributed by atoms with Crippen molar-refractivity contribution >= 4 is 10.0 Å². The van der Waals surface area contributed by atoms with Crippen molar-refractivity contribution in [2.24, 2.45) is 5.92 Å². The molecule has 1 rings (SSSR count). The number of sulfonamides is 1. The minimum absolute atomic E-state index is 0.0416. The zero-order valence-corrected chi connectivity index (χ0v) is 9.34. The van der Waals surface area contributed by atoms with E-state index in [2.05, 4.69) is 4.72 Å². The Morgan fingerprint density at radius 3 is 2.50 bits per heavy atom. The van der Waals surface area contributed by atoms with E-state index in [1.54, 1.807) is 12.2 Å². The van der Waals surface area contributed by atoms with Gasteiger partial charge in [-0.05, 0) is 25.8 Å². The van der Waals surface area contributed by atoms with Crippen molar-refractivity contribution in [3.05, 3.63) is 12.2 Å². The standard InChI is InChI=1S/C9H17NO3S/c1-8(4-3-7-11)9(5-6-9)14(12,13)10-2/h3-4,8,10-11H,5-7H2,1-2H3/b4-3+. The molecule has 0 aromatic rings. The molecule has 0 bridgehead atoms. The Morgan fingerprint density at radius 2 is 2.14 bits per heavy atom. The first kappa shape index (κ1) is 11.7. The molecular weight excluding hydrogens is 202 g/mol. The van der Waals surface area contributed by atoms with Crippen molar-refractivity contribution in [2.45, 2.75) is 24.5 Å². The van der Waals surface area contributed by atoms with Gasteiger partial charge in [0.25, 0.3) is 0 Å². The summed E-state index contributed by atoms with van der Waals surface area (Å²) in [6.07, 6.45) is 4.76. The van der Waals surface area contributed by atoms with Crippen LogP contribution in [-0.4, -0.2) is 31.9 Å². The molecule has 0 heterocycles. The van der Waals surface area contributed by atoms with Crippen LogP contribution < -0.4 is 4.72 Å². The zero-order chi connectivity index (χ0) is 10.8. The number of allylic oxidation sites excluding steroid dienone is 1. The van der Waals surface area contributed by atoms with Gasteiger partial charge in [0.1, 0.15) is 0 Å². The highest BCUT2D eigenvalue weighted by Gasteiger charge is 2.56. The predicted molar refractivity (Wildman–Crippen MR) is 55.3 cm³/mol. The molecule has 4 nitrogen and oxygen atoms in total. The lowest BCUT2D eigenvalue weighted by molar-refractivity contribution is 0.341. The van der Waals surface area contributed by atoms with Crippen LogP contribution >= 0.6 is 0 Å². The van der Waals surface area contributed by atoms with Crippen LogP contribution in [0.1, 0.15) is 19.8 Å². The Hall–Kier alpha value is -0.390. The highest BCUT2D eigenvalue weighted by Crippen LogP contribution is 2.49. The number of hydrogen-bond acceptors (Lipinski definition) is 3. The predicted octanol–water partition coefficient (Wildman–Crippen LogP) is 0.253. The highest BCUT2D eigenvalue weighted by molar-refractivity contribution is 7.91. The lowest BCUT2D eigenvalue weighted by Crippen LogP contribution is -2.37. The van der Waals surface area contributed by atoms with Crippen LogP contribution in [0.15, 0.2) is 12.2 Å². The topological polar surface area (TPSA) is 66.4 Å². The van der Waals surface area contributed by atoms with Crippen LogP contribution in [0.25, 0.3) is 0 Å². The van der Waals surface area contributed by atoms with Crippen LogP contribution in [0.5, 0.6) is 0 Å². The van der Waals surface area contributed by atoms with E-state index < -0.39 is 14.8 Å². The van der Waals surface area contributed by atoms with E-state index in [1.165, 1.54) is 7.05 Å². The molecule has 2 N–H and O–H groups in total. The van der Waals surface area contributed by atoms with Gasteiger partial charge in [0, 0.05) is 0 Å². The molecule has 0 aliphatic heterocycles. The molecule has 5 heteroatoms. The summed E-state index contributed by atoms with van der Waals surface area (Å²) >= 11 is 0. The molecule has 1 unspecified atom stereocenters. The number of nitrogens with one attached hydrogen (secondary N) is 1. The molecule has 0 saturated heterocycles. The molecule has 14 heavy (non-hydrogen) atoms. The van der Waals surface area contributed by atoms with Gasteiger partial charge in [-0.2, -0.15) is 0 Å². The third-order valence-corrected chi connectivity index (χ3v) is 5.29. The Kier molecular flexibility index (Phi) is 3.34. The fourth-order valence-electron chi connectivity index (χ4n) is 1.74. The monoisotopic (exact) mass is 219 g/mol. The van der Waals surface area contributed by atoms with Crippen LogP contribution in [0, 0.1) is 5.92 Å². The first-order valence-electron chi connectivity index (χ1n) is 4.71. The Morgan fingerprint density at radius 1 is 1.57 bits per heavy atom. The highest BCUT2D eigenvalue weighted by atomic mass is 32.2. The second-order valence-electron chi connectivity index (χ2n) is 3.67. The summed E-state index contributed by atoms with van der Waals surface area (Å²) in [6.45, 7) is 1.83. The van der Waals surface area contributed by atoms with Gasteiger partial charge < -0.3 is 5.11 Å². The molecule has 1 aliphatic rings. The quantitative estimate of drug-likeness (QED) is 0.651. The first-order chi connectivity index (χ1) is 6.50. The number of aliphatic hydroxyl groups excluding tert-OH is 1. The van der Waals surface area contributed by atoms with Crippen molar-refractivity contribution in [3.8, 4) is 0 Å². The van der Waals surface area contributed by atoms with Gasteiger partial charge in [0.05, 0.1) is 11.4 Å². The molecule has 0 aromatic heterocycles. The van der Waals surface area contributed by atoms with Crippen molar-refractivity contribution in [1.82, 2.24) is 4.72 Å². The van der Waals surface area contributed by atoms with Gasteiger partial charge in [-0.1, -0.05) is 19.1 Å². The maximum atomic E-state index is 11.7. The van der Waals surface area contributed by atoms with E-state index in [4.69, 9.17) is 5.11 Å². The SMILES string of the molecule is CNS(=O)(=O)C1(C(C)/C=C/CO)CC1. The third kappa shape index (κ3) is 1.85. The molecule has 1 fully saturated rings. The lowest BCUT2D eigenvalue weighted by atomic mass is 10.1. The minimum atomic E-state index is -3.20. The fraction of sp³-hybridized carbons (Fsp3) is 0.778. The summed E-state index contributed by atoms with van der Waals surface area (Å²) in [5, 5.41) is 8.61. The average molecular weight is 219 g/mol. The second kappa shape index (κ2) is 4.00. The lowest BCUT2D eigenvalue weighted by Gasteiger charge is -2.19. The van der Waals surface area contributed by atoms with Crippen molar-refractivity contribution < 1.29 is 13.5 Å². The molecule has 0 amide bonds. The molecule has 0 radical (unpaired) electrons. The average Bonchev–Trinajstić information content (AvgIpc) is 2.95. The van der Waals surface area contributed by atoms with E-state index in [0.717, 1.165) is 0 Å². The van der Waals surface area contributed by atoms with Gasteiger partial charge in [0.2, 0.25) is 10.0 Å². The molecule has 1 aliphatic carbocycles. The smallest absolute Gasteiger partial charge is 0.217 e. The molecule has 0 aromatic carbocycles. The molecular formula is C9H17NO3S. The molecule has 0 spiro atoms. The van der Waals surface area contributed by atoms with Crippen molar-refractivity contribution in [1.29, 1.82) is 0 Å². The third-order valence-electron chi connectivity index (χ3n) is 2.91. The maximum Gasteiger partial charge on any atom is 0.217 e.